The van der Waals surface area contributed by atoms with Crippen molar-refractivity contribution in [3.05, 3.63) is 51.7 Å². The van der Waals surface area contributed by atoms with Gasteiger partial charge in [-0.15, -0.1) is 11.3 Å². The maximum Gasteiger partial charge on any atom is 0.251 e. The van der Waals surface area contributed by atoms with Crippen LogP contribution in [0, 0.1) is 0 Å². The fourth-order valence-electron chi connectivity index (χ4n) is 3.40. The SMILES string of the molecule is C[C@H]1c2ccsc2CCN1CC(=O)Nc1cccc(C(=O)NC2CC2)c1. The van der Waals surface area contributed by atoms with Crippen molar-refractivity contribution in [1.82, 2.24) is 10.2 Å². The number of carbonyl (C=O) groups is 2. The van der Waals surface area contributed by atoms with E-state index in [9.17, 15) is 9.59 Å². The fourth-order valence-corrected chi connectivity index (χ4v) is 4.36. The second kappa shape index (κ2) is 7.21. The first-order valence-electron chi connectivity index (χ1n) is 9.11. The van der Waals surface area contributed by atoms with Crippen molar-refractivity contribution in [1.29, 1.82) is 0 Å². The quantitative estimate of drug-likeness (QED) is 0.851. The molecule has 0 spiro atoms. The third-order valence-corrected chi connectivity index (χ3v) is 6.07. The van der Waals surface area contributed by atoms with Crippen LogP contribution in [-0.4, -0.2) is 35.8 Å². The number of carbonyl (C=O) groups excluding carboxylic acids is 2. The van der Waals surface area contributed by atoms with E-state index in [0.29, 0.717) is 23.8 Å². The smallest absolute Gasteiger partial charge is 0.251 e. The molecule has 1 aliphatic carbocycles. The molecule has 6 heteroatoms. The molecule has 1 fully saturated rings. The van der Waals surface area contributed by atoms with Crippen LogP contribution in [0.5, 0.6) is 0 Å². The van der Waals surface area contributed by atoms with Crippen molar-refractivity contribution in [3.63, 3.8) is 0 Å². The molecule has 1 aliphatic heterocycles. The minimum atomic E-state index is -0.0711. The summed E-state index contributed by atoms with van der Waals surface area (Å²) in [4.78, 5) is 28.3. The number of hydrogen-bond acceptors (Lipinski definition) is 4. The Bertz CT molecular complexity index is 828. The average molecular weight is 369 g/mol. The lowest BCUT2D eigenvalue weighted by Gasteiger charge is -2.32. The monoisotopic (exact) mass is 369 g/mol. The molecule has 2 amide bonds. The van der Waals surface area contributed by atoms with Crippen LogP contribution in [0.4, 0.5) is 5.69 Å². The standard InChI is InChI=1S/C20H23N3O2S/c1-13-17-8-10-26-18(17)7-9-23(13)12-19(24)21-16-4-2-3-14(11-16)20(25)22-15-5-6-15/h2-4,8,10-11,13,15H,5-7,9,12H2,1H3,(H,21,24)(H,22,25)/t13-/m0/s1. The van der Waals surface area contributed by atoms with Crippen LogP contribution < -0.4 is 10.6 Å². The fraction of sp³-hybridized carbons (Fsp3) is 0.400. The third kappa shape index (κ3) is 3.81. The topological polar surface area (TPSA) is 61.4 Å². The number of amides is 2. The average Bonchev–Trinajstić information content (AvgIpc) is 3.30. The Kier molecular flexibility index (Phi) is 4.78. The first-order chi connectivity index (χ1) is 12.6. The summed E-state index contributed by atoms with van der Waals surface area (Å²) in [5.74, 6) is -0.117. The summed E-state index contributed by atoms with van der Waals surface area (Å²) >= 11 is 1.80. The number of anilines is 1. The third-order valence-electron chi connectivity index (χ3n) is 5.07. The van der Waals surface area contributed by atoms with Crippen LogP contribution >= 0.6 is 11.3 Å². The Balaban J connectivity index is 1.37. The number of fused-ring (bicyclic) bond motifs is 1. The molecule has 0 saturated heterocycles. The van der Waals surface area contributed by atoms with E-state index in [0.717, 1.165) is 25.8 Å². The maximum absolute atomic E-state index is 12.5. The Hall–Kier alpha value is -2.18. The summed E-state index contributed by atoms with van der Waals surface area (Å²) in [7, 11) is 0. The molecule has 0 unspecified atom stereocenters. The van der Waals surface area contributed by atoms with Crippen LogP contribution in [-0.2, 0) is 11.2 Å². The van der Waals surface area contributed by atoms with Crippen molar-refractivity contribution < 1.29 is 9.59 Å². The zero-order valence-corrected chi connectivity index (χ0v) is 15.6. The second-order valence-electron chi connectivity index (χ2n) is 7.07. The Morgan fingerprint density at radius 3 is 2.92 bits per heavy atom. The van der Waals surface area contributed by atoms with Crippen molar-refractivity contribution in [2.45, 2.75) is 38.3 Å². The molecule has 1 saturated carbocycles. The number of rotatable bonds is 5. The van der Waals surface area contributed by atoms with Gasteiger partial charge in [0.25, 0.3) is 5.91 Å². The van der Waals surface area contributed by atoms with Crippen LogP contribution in [0.1, 0.15) is 46.6 Å². The summed E-state index contributed by atoms with van der Waals surface area (Å²) in [6.07, 6.45) is 3.12. The lowest BCUT2D eigenvalue weighted by atomic mass is 10.0. The molecular weight excluding hydrogens is 346 g/mol. The van der Waals surface area contributed by atoms with Gasteiger partial charge < -0.3 is 10.6 Å². The Morgan fingerprint density at radius 2 is 2.12 bits per heavy atom. The van der Waals surface area contributed by atoms with Crippen molar-refractivity contribution in [3.8, 4) is 0 Å². The minimum absolute atomic E-state index is 0.0460. The second-order valence-corrected chi connectivity index (χ2v) is 8.07. The van der Waals surface area contributed by atoms with Gasteiger partial charge in [0.15, 0.2) is 0 Å². The summed E-state index contributed by atoms with van der Waals surface area (Å²) < 4.78 is 0. The van der Waals surface area contributed by atoms with E-state index >= 15 is 0 Å². The normalized spacial score (nSPS) is 19.7. The predicted octanol–water partition coefficient (Wildman–Crippen LogP) is 3.20. The van der Waals surface area contributed by atoms with E-state index in [-0.39, 0.29) is 17.9 Å². The van der Waals surface area contributed by atoms with Gasteiger partial charge >= 0.3 is 0 Å². The number of nitrogens with zero attached hydrogens (tertiary/aromatic N) is 1. The van der Waals surface area contributed by atoms with Crippen LogP contribution in [0.15, 0.2) is 35.7 Å². The van der Waals surface area contributed by atoms with Gasteiger partial charge in [0.2, 0.25) is 5.91 Å². The highest BCUT2D eigenvalue weighted by molar-refractivity contribution is 7.10. The molecule has 0 radical (unpaired) electrons. The summed E-state index contributed by atoms with van der Waals surface area (Å²) in [6, 6.07) is 9.89. The molecule has 136 valence electrons. The molecule has 2 aliphatic rings. The summed E-state index contributed by atoms with van der Waals surface area (Å²) in [5.41, 5.74) is 2.59. The number of nitrogens with one attached hydrogen (secondary N) is 2. The largest absolute Gasteiger partial charge is 0.349 e. The van der Waals surface area contributed by atoms with Gasteiger partial charge in [-0.25, -0.2) is 0 Å². The number of hydrogen-bond donors (Lipinski definition) is 2. The van der Waals surface area contributed by atoms with Gasteiger partial charge in [0, 0.05) is 34.8 Å². The van der Waals surface area contributed by atoms with Gasteiger partial charge in [0.05, 0.1) is 6.54 Å². The van der Waals surface area contributed by atoms with E-state index in [1.807, 2.05) is 6.07 Å². The van der Waals surface area contributed by atoms with E-state index < -0.39 is 0 Å². The van der Waals surface area contributed by atoms with Crippen LogP contribution in [0.25, 0.3) is 0 Å². The first kappa shape index (κ1) is 17.2. The molecule has 0 bridgehead atoms. The maximum atomic E-state index is 12.5. The van der Waals surface area contributed by atoms with Gasteiger partial charge in [0.1, 0.15) is 0 Å². The summed E-state index contributed by atoms with van der Waals surface area (Å²) in [5, 5.41) is 8.03. The van der Waals surface area contributed by atoms with Gasteiger partial charge in [-0.05, 0) is 61.4 Å². The molecule has 1 aromatic carbocycles. The molecule has 26 heavy (non-hydrogen) atoms. The Labute approximate surface area is 157 Å². The van der Waals surface area contributed by atoms with E-state index in [1.54, 1.807) is 29.5 Å². The van der Waals surface area contributed by atoms with E-state index in [2.05, 4.69) is 33.9 Å². The highest BCUT2D eigenvalue weighted by atomic mass is 32.1. The Morgan fingerprint density at radius 1 is 1.27 bits per heavy atom. The molecule has 2 aromatic rings. The number of thiophene rings is 1. The molecule has 2 heterocycles. The van der Waals surface area contributed by atoms with Crippen LogP contribution in [0.3, 0.4) is 0 Å². The molecule has 4 rings (SSSR count). The lowest BCUT2D eigenvalue weighted by Crippen LogP contribution is -2.39. The van der Waals surface area contributed by atoms with Gasteiger partial charge in [-0.3, -0.25) is 14.5 Å². The zero-order chi connectivity index (χ0) is 18.1. The molecule has 2 N–H and O–H groups in total. The molecule has 1 aromatic heterocycles. The van der Waals surface area contributed by atoms with E-state index in [4.69, 9.17) is 0 Å². The predicted molar refractivity (Wildman–Crippen MR) is 104 cm³/mol. The summed E-state index contributed by atoms with van der Waals surface area (Å²) in [6.45, 7) is 3.40. The zero-order valence-electron chi connectivity index (χ0n) is 14.8. The van der Waals surface area contributed by atoms with Crippen LogP contribution in [0.2, 0.25) is 0 Å². The lowest BCUT2D eigenvalue weighted by molar-refractivity contribution is -0.117. The highest BCUT2D eigenvalue weighted by Gasteiger charge is 2.26. The van der Waals surface area contributed by atoms with Crippen molar-refractivity contribution >= 4 is 28.8 Å². The van der Waals surface area contributed by atoms with Gasteiger partial charge in [-0.1, -0.05) is 6.07 Å². The van der Waals surface area contributed by atoms with E-state index in [1.165, 1.54) is 10.4 Å². The molecular formula is C20H23N3O2S. The van der Waals surface area contributed by atoms with Crippen molar-refractivity contribution in [2.24, 2.45) is 0 Å². The van der Waals surface area contributed by atoms with Crippen molar-refractivity contribution in [2.75, 3.05) is 18.4 Å². The first-order valence-corrected chi connectivity index (χ1v) is 9.99. The molecule has 1 atom stereocenters. The highest BCUT2D eigenvalue weighted by Crippen LogP contribution is 2.32. The van der Waals surface area contributed by atoms with Gasteiger partial charge in [-0.2, -0.15) is 0 Å². The minimum Gasteiger partial charge on any atom is -0.349 e. The molecule has 5 nitrogen and oxygen atoms in total. The number of benzene rings is 1.